The Labute approximate surface area is 164 Å². The standard InChI is InChI=1S/C22H28N2O.C2H6/c25-22(23-14-7-17-24-15-5-2-6-16-24)21-12-10-20(11-13-21)18-19-8-3-1-4-9-19;1-2/h1,3-4,8-13H,2,5-7,14-18H2,(H,23,25);1-2H3. The predicted molar refractivity (Wildman–Crippen MR) is 114 cm³/mol. The molecule has 146 valence electrons. The van der Waals surface area contributed by atoms with E-state index in [9.17, 15) is 4.79 Å². The Morgan fingerprint density at radius 2 is 1.52 bits per heavy atom. The number of benzene rings is 2. The minimum absolute atomic E-state index is 0.0323. The van der Waals surface area contributed by atoms with Gasteiger partial charge in [0.2, 0.25) is 0 Å². The Balaban J connectivity index is 0.00000126. The van der Waals surface area contributed by atoms with E-state index in [0.717, 1.165) is 31.5 Å². The quantitative estimate of drug-likeness (QED) is 0.706. The summed E-state index contributed by atoms with van der Waals surface area (Å²) in [5, 5.41) is 3.04. The van der Waals surface area contributed by atoms with E-state index in [1.165, 1.54) is 43.5 Å². The highest BCUT2D eigenvalue weighted by Gasteiger charge is 2.10. The first kappa shape index (κ1) is 21.2. The van der Waals surface area contributed by atoms with Crippen molar-refractivity contribution < 1.29 is 4.79 Å². The van der Waals surface area contributed by atoms with Crippen molar-refractivity contribution >= 4 is 5.91 Å². The molecule has 0 atom stereocenters. The molecule has 0 saturated carbocycles. The highest BCUT2D eigenvalue weighted by atomic mass is 16.1. The summed E-state index contributed by atoms with van der Waals surface area (Å²) in [5.41, 5.74) is 3.26. The van der Waals surface area contributed by atoms with Crippen molar-refractivity contribution in [2.75, 3.05) is 26.2 Å². The lowest BCUT2D eigenvalue weighted by molar-refractivity contribution is 0.0951. The molecule has 1 aliphatic rings. The van der Waals surface area contributed by atoms with E-state index in [1.807, 2.05) is 32.0 Å². The molecule has 0 radical (unpaired) electrons. The lowest BCUT2D eigenvalue weighted by atomic mass is 10.0. The van der Waals surface area contributed by atoms with Crippen molar-refractivity contribution in [1.29, 1.82) is 0 Å². The Bertz CT molecular complexity index is 646. The number of nitrogens with zero attached hydrogens (tertiary/aromatic N) is 1. The zero-order chi connectivity index (χ0) is 19.3. The van der Waals surface area contributed by atoms with Crippen LogP contribution in [-0.4, -0.2) is 37.0 Å². The van der Waals surface area contributed by atoms with Crippen LogP contribution in [0.2, 0.25) is 0 Å². The average molecular weight is 367 g/mol. The second kappa shape index (κ2) is 12.3. The Hall–Kier alpha value is -2.13. The number of likely N-dealkylation sites (tertiary alicyclic amines) is 1. The molecule has 27 heavy (non-hydrogen) atoms. The lowest BCUT2D eigenvalue weighted by Gasteiger charge is -2.26. The van der Waals surface area contributed by atoms with Crippen molar-refractivity contribution in [3.8, 4) is 0 Å². The van der Waals surface area contributed by atoms with Gasteiger partial charge in [-0.1, -0.05) is 62.7 Å². The van der Waals surface area contributed by atoms with Gasteiger partial charge in [-0.05, 0) is 68.6 Å². The molecule has 1 N–H and O–H groups in total. The molecule has 3 nitrogen and oxygen atoms in total. The maximum absolute atomic E-state index is 12.2. The van der Waals surface area contributed by atoms with Crippen LogP contribution in [0.15, 0.2) is 54.6 Å². The minimum Gasteiger partial charge on any atom is -0.352 e. The second-order valence-electron chi connectivity index (χ2n) is 6.87. The van der Waals surface area contributed by atoms with E-state index in [1.54, 1.807) is 0 Å². The van der Waals surface area contributed by atoms with Gasteiger partial charge >= 0.3 is 0 Å². The van der Waals surface area contributed by atoms with Gasteiger partial charge in [-0.15, -0.1) is 0 Å². The fourth-order valence-corrected chi connectivity index (χ4v) is 3.40. The maximum Gasteiger partial charge on any atom is 0.251 e. The number of amides is 1. The highest BCUT2D eigenvalue weighted by molar-refractivity contribution is 5.94. The van der Waals surface area contributed by atoms with Gasteiger partial charge < -0.3 is 10.2 Å². The van der Waals surface area contributed by atoms with Gasteiger partial charge in [-0.2, -0.15) is 0 Å². The molecular weight excluding hydrogens is 332 g/mol. The largest absolute Gasteiger partial charge is 0.352 e. The number of carbonyl (C=O) groups is 1. The van der Waals surface area contributed by atoms with Crippen molar-refractivity contribution in [1.82, 2.24) is 10.2 Å². The number of piperidine rings is 1. The summed E-state index contributed by atoms with van der Waals surface area (Å²) in [5.74, 6) is 0.0323. The number of hydrogen-bond acceptors (Lipinski definition) is 2. The topological polar surface area (TPSA) is 32.3 Å². The molecule has 2 aromatic rings. The molecule has 1 fully saturated rings. The van der Waals surface area contributed by atoms with E-state index in [4.69, 9.17) is 0 Å². The van der Waals surface area contributed by atoms with E-state index >= 15 is 0 Å². The Morgan fingerprint density at radius 1 is 0.889 bits per heavy atom. The van der Waals surface area contributed by atoms with Gasteiger partial charge in [-0.3, -0.25) is 4.79 Å². The number of hydrogen-bond donors (Lipinski definition) is 1. The van der Waals surface area contributed by atoms with Gasteiger partial charge in [0.25, 0.3) is 5.91 Å². The highest BCUT2D eigenvalue weighted by Crippen LogP contribution is 2.11. The molecule has 0 unspecified atom stereocenters. The SMILES string of the molecule is CC.O=C(NCCCN1CCCCC1)c1ccc(Cc2ccccc2)cc1. The summed E-state index contributed by atoms with van der Waals surface area (Å²) >= 11 is 0. The molecule has 3 heteroatoms. The van der Waals surface area contributed by atoms with E-state index in [-0.39, 0.29) is 5.91 Å². The Kier molecular flexibility index (Phi) is 9.64. The van der Waals surface area contributed by atoms with Crippen molar-refractivity contribution in [2.45, 2.75) is 46.0 Å². The first-order valence-corrected chi connectivity index (χ1v) is 10.4. The molecule has 3 rings (SSSR count). The maximum atomic E-state index is 12.2. The summed E-state index contributed by atoms with van der Waals surface area (Å²) in [6.07, 6.45) is 5.94. The molecule has 0 spiro atoms. The zero-order valence-corrected chi connectivity index (χ0v) is 16.9. The fourth-order valence-electron chi connectivity index (χ4n) is 3.40. The molecule has 2 aromatic carbocycles. The van der Waals surface area contributed by atoms with Crippen molar-refractivity contribution in [3.63, 3.8) is 0 Å². The van der Waals surface area contributed by atoms with Crippen LogP contribution in [0.3, 0.4) is 0 Å². The first-order valence-electron chi connectivity index (χ1n) is 10.4. The van der Waals surface area contributed by atoms with Gasteiger partial charge in [0.15, 0.2) is 0 Å². The summed E-state index contributed by atoms with van der Waals surface area (Å²) in [4.78, 5) is 14.7. The van der Waals surface area contributed by atoms with Gasteiger partial charge in [0.05, 0.1) is 0 Å². The lowest BCUT2D eigenvalue weighted by Crippen LogP contribution is -2.33. The Morgan fingerprint density at radius 3 is 2.19 bits per heavy atom. The number of rotatable bonds is 7. The third kappa shape index (κ3) is 7.56. The van der Waals surface area contributed by atoms with Crippen LogP contribution >= 0.6 is 0 Å². The van der Waals surface area contributed by atoms with Crippen LogP contribution in [0.25, 0.3) is 0 Å². The summed E-state index contributed by atoms with van der Waals surface area (Å²) in [7, 11) is 0. The van der Waals surface area contributed by atoms with Crippen LogP contribution < -0.4 is 5.32 Å². The predicted octanol–water partition coefficient (Wildman–Crippen LogP) is 4.91. The molecule has 0 bridgehead atoms. The van der Waals surface area contributed by atoms with E-state index in [0.29, 0.717) is 0 Å². The summed E-state index contributed by atoms with van der Waals surface area (Å²) < 4.78 is 0. The van der Waals surface area contributed by atoms with Crippen LogP contribution in [0, 0.1) is 0 Å². The molecule has 0 aromatic heterocycles. The second-order valence-corrected chi connectivity index (χ2v) is 6.87. The van der Waals surface area contributed by atoms with Crippen LogP contribution in [0.5, 0.6) is 0 Å². The first-order chi connectivity index (χ1) is 13.3. The molecule has 0 aliphatic carbocycles. The minimum atomic E-state index is 0.0323. The number of nitrogens with one attached hydrogen (secondary N) is 1. The summed E-state index contributed by atoms with van der Waals surface area (Å²) in [6.45, 7) is 8.28. The normalized spacial score (nSPS) is 14.1. The fraction of sp³-hybridized carbons (Fsp3) is 0.458. The molecule has 1 heterocycles. The van der Waals surface area contributed by atoms with Gasteiger partial charge in [0, 0.05) is 12.1 Å². The third-order valence-electron chi connectivity index (χ3n) is 4.85. The van der Waals surface area contributed by atoms with Crippen LogP contribution in [0.1, 0.15) is 61.0 Å². The summed E-state index contributed by atoms with van der Waals surface area (Å²) in [6, 6.07) is 18.4. The third-order valence-corrected chi connectivity index (χ3v) is 4.85. The zero-order valence-electron chi connectivity index (χ0n) is 16.9. The van der Waals surface area contributed by atoms with Crippen LogP contribution in [0.4, 0.5) is 0 Å². The van der Waals surface area contributed by atoms with Crippen molar-refractivity contribution in [2.24, 2.45) is 0 Å². The molecule has 1 aliphatic heterocycles. The smallest absolute Gasteiger partial charge is 0.251 e. The molecule has 1 saturated heterocycles. The van der Waals surface area contributed by atoms with Crippen LogP contribution in [-0.2, 0) is 6.42 Å². The van der Waals surface area contributed by atoms with E-state index in [2.05, 4.69) is 46.6 Å². The van der Waals surface area contributed by atoms with Crippen molar-refractivity contribution in [3.05, 3.63) is 71.3 Å². The molecular formula is C24H34N2O. The van der Waals surface area contributed by atoms with Gasteiger partial charge in [-0.25, -0.2) is 0 Å². The average Bonchev–Trinajstić information content (AvgIpc) is 2.74. The molecule has 1 amide bonds. The number of carbonyl (C=O) groups excluding carboxylic acids is 1. The van der Waals surface area contributed by atoms with Gasteiger partial charge in [0.1, 0.15) is 0 Å². The monoisotopic (exact) mass is 366 g/mol. The van der Waals surface area contributed by atoms with E-state index < -0.39 is 0 Å².